The lowest BCUT2D eigenvalue weighted by atomic mass is 9.99. The number of rotatable bonds is 3. The molecule has 0 radical (unpaired) electrons. The monoisotopic (exact) mass is 390 g/mol. The van der Waals surface area contributed by atoms with Crippen LogP contribution in [0.2, 0.25) is 0 Å². The second-order valence-corrected chi connectivity index (χ2v) is 10.3. The fourth-order valence-corrected chi connectivity index (χ4v) is 6.73. The van der Waals surface area contributed by atoms with Gasteiger partial charge in [0.05, 0.1) is 21.7 Å². The predicted molar refractivity (Wildman–Crippen MR) is 103 cm³/mol. The molecule has 2 aromatic heterocycles. The van der Waals surface area contributed by atoms with Crippen LogP contribution >= 0.6 is 11.3 Å². The van der Waals surface area contributed by atoms with Gasteiger partial charge in [-0.3, -0.25) is 0 Å². The van der Waals surface area contributed by atoms with Crippen molar-refractivity contribution in [1.82, 2.24) is 19.3 Å². The highest BCUT2D eigenvalue weighted by Gasteiger charge is 2.34. The second-order valence-electron chi connectivity index (χ2n) is 6.95. The zero-order valence-corrected chi connectivity index (χ0v) is 16.7. The van der Waals surface area contributed by atoms with E-state index < -0.39 is 10.0 Å². The van der Waals surface area contributed by atoms with Gasteiger partial charge in [0.1, 0.15) is 5.82 Å². The van der Waals surface area contributed by atoms with Gasteiger partial charge < -0.3 is 4.98 Å². The molecule has 4 rings (SSSR count). The number of fused-ring (bicyclic) bond motifs is 1. The van der Waals surface area contributed by atoms with Gasteiger partial charge in [-0.15, -0.1) is 11.3 Å². The van der Waals surface area contributed by atoms with Crippen LogP contribution in [0.15, 0.2) is 22.4 Å². The molecule has 1 N–H and O–H groups in total. The molecule has 3 heterocycles. The number of hydrogen-bond acceptors (Lipinski definition) is 5. The van der Waals surface area contributed by atoms with Crippen molar-refractivity contribution in [3.8, 4) is 0 Å². The summed E-state index contributed by atoms with van der Waals surface area (Å²) < 4.78 is 28.1. The van der Waals surface area contributed by atoms with E-state index >= 15 is 0 Å². The van der Waals surface area contributed by atoms with Crippen molar-refractivity contribution in [1.29, 1.82) is 0 Å². The molecule has 0 bridgehead atoms. The van der Waals surface area contributed by atoms with E-state index in [1.807, 2.05) is 26.0 Å². The van der Waals surface area contributed by atoms with Crippen LogP contribution in [0.5, 0.6) is 0 Å². The Morgan fingerprint density at radius 3 is 2.77 bits per heavy atom. The van der Waals surface area contributed by atoms with Crippen LogP contribution in [-0.2, 0) is 10.0 Å². The second kappa shape index (κ2) is 6.44. The summed E-state index contributed by atoms with van der Waals surface area (Å²) >= 11 is 1.25. The minimum Gasteiger partial charge on any atom is -0.342 e. The first-order chi connectivity index (χ1) is 12.3. The molecule has 1 aliphatic rings. The van der Waals surface area contributed by atoms with E-state index in [2.05, 4.69) is 16.0 Å². The van der Waals surface area contributed by atoms with Gasteiger partial charge in [-0.25, -0.2) is 18.4 Å². The molecule has 6 nitrogen and oxygen atoms in total. The summed E-state index contributed by atoms with van der Waals surface area (Å²) in [4.78, 5) is 12.4. The van der Waals surface area contributed by atoms with Gasteiger partial charge >= 0.3 is 0 Å². The highest BCUT2D eigenvalue weighted by Crippen LogP contribution is 2.33. The van der Waals surface area contributed by atoms with Gasteiger partial charge in [-0.05, 0) is 51.3 Å². The maximum atomic E-state index is 13.1. The molecule has 3 aromatic rings. The molecule has 0 saturated carbocycles. The smallest absolute Gasteiger partial charge is 0.254 e. The van der Waals surface area contributed by atoms with Gasteiger partial charge in [-0.2, -0.15) is 4.31 Å². The third-order valence-electron chi connectivity index (χ3n) is 4.86. The molecule has 8 heteroatoms. The average Bonchev–Trinajstić information content (AvgIpc) is 3.17. The molecule has 0 amide bonds. The van der Waals surface area contributed by atoms with E-state index in [0.29, 0.717) is 23.0 Å². The molecular formula is C18H22N4O2S2. The average molecular weight is 391 g/mol. The first-order valence-corrected chi connectivity index (χ1v) is 11.0. The number of H-pyrrole nitrogens is 1. The molecule has 1 saturated heterocycles. The summed E-state index contributed by atoms with van der Waals surface area (Å²) in [5, 5.41) is 0.780. The largest absolute Gasteiger partial charge is 0.342 e. The Labute approximate surface area is 157 Å². The summed E-state index contributed by atoms with van der Waals surface area (Å²) in [6.45, 7) is 6.66. The zero-order valence-electron chi connectivity index (χ0n) is 15.1. The maximum absolute atomic E-state index is 13.1. The Balaban J connectivity index is 1.63. The molecule has 1 aliphatic heterocycles. The van der Waals surface area contributed by atoms with E-state index in [-0.39, 0.29) is 5.92 Å². The predicted octanol–water partition coefficient (Wildman–Crippen LogP) is 3.51. The number of aromatic amines is 1. The van der Waals surface area contributed by atoms with Crippen molar-refractivity contribution in [2.45, 2.75) is 43.7 Å². The van der Waals surface area contributed by atoms with Crippen molar-refractivity contribution < 1.29 is 8.42 Å². The topological polar surface area (TPSA) is 79.0 Å². The van der Waals surface area contributed by atoms with Crippen molar-refractivity contribution in [2.24, 2.45) is 0 Å². The lowest BCUT2D eigenvalue weighted by molar-refractivity contribution is 0.310. The molecular weight excluding hydrogens is 368 g/mol. The first kappa shape index (κ1) is 17.6. The van der Waals surface area contributed by atoms with E-state index in [1.165, 1.54) is 16.9 Å². The van der Waals surface area contributed by atoms with Gasteiger partial charge in [-0.1, -0.05) is 6.07 Å². The summed E-state index contributed by atoms with van der Waals surface area (Å²) in [6.07, 6.45) is 1.77. The molecule has 1 fully saturated rings. The SMILES string of the molecule is Cc1ccc2nc([C@@H]3CCCN(S(=O)(=O)c4sc(C)nc4C)C3)[nH]c2c1. The molecule has 0 aliphatic carbocycles. The van der Waals surface area contributed by atoms with E-state index in [1.54, 1.807) is 11.2 Å². The first-order valence-electron chi connectivity index (χ1n) is 8.75. The van der Waals surface area contributed by atoms with Gasteiger partial charge in [0.15, 0.2) is 4.21 Å². The Hall–Kier alpha value is -1.77. The summed E-state index contributed by atoms with van der Waals surface area (Å²) in [7, 11) is -3.50. The molecule has 0 unspecified atom stereocenters. The summed E-state index contributed by atoms with van der Waals surface area (Å²) in [5.41, 5.74) is 3.71. The van der Waals surface area contributed by atoms with Crippen LogP contribution < -0.4 is 0 Å². The number of nitrogens with zero attached hydrogens (tertiary/aromatic N) is 3. The highest BCUT2D eigenvalue weighted by atomic mass is 32.2. The van der Waals surface area contributed by atoms with E-state index in [4.69, 9.17) is 4.98 Å². The third-order valence-corrected chi connectivity index (χ3v) is 8.39. The fraction of sp³-hybridized carbons (Fsp3) is 0.444. The highest BCUT2D eigenvalue weighted by molar-refractivity contribution is 7.91. The van der Waals surface area contributed by atoms with Crippen LogP contribution in [0.4, 0.5) is 0 Å². The van der Waals surface area contributed by atoms with Crippen molar-refractivity contribution >= 4 is 32.4 Å². The minimum absolute atomic E-state index is 0.0838. The Bertz CT molecular complexity index is 1070. The molecule has 0 spiro atoms. The Morgan fingerprint density at radius 1 is 1.23 bits per heavy atom. The van der Waals surface area contributed by atoms with Gasteiger partial charge in [0.2, 0.25) is 0 Å². The zero-order chi connectivity index (χ0) is 18.5. The van der Waals surface area contributed by atoms with Gasteiger partial charge in [0, 0.05) is 19.0 Å². The minimum atomic E-state index is -3.50. The molecule has 1 atom stereocenters. The number of imidazole rings is 1. The number of nitrogens with one attached hydrogen (secondary N) is 1. The van der Waals surface area contributed by atoms with Crippen LogP contribution in [0.1, 0.15) is 40.8 Å². The van der Waals surface area contributed by atoms with Gasteiger partial charge in [0.25, 0.3) is 10.0 Å². The number of benzene rings is 1. The maximum Gasteiger partial charge on any atom is 0.254 e. The standard InChI is InChI=1S/C18H22N4O2S2/c1-11-6-7-15-16(9-11)21-17(20-15)14-5-4-8-22(10-14)26(23,24)18-12(2)19-13(3)25-18/h6-7,9,14H,4-5,8,10H2,1-3H3,(H,20,21)/t14-/m1/s1. The van der Waals surface area contributed by atoms with Crippen LogP contribution in [0, 0.1) is 20.8 Å². The third kappa shape index (κ3) is 3.06. The van der Waals surface area contributed by atoms with Crippen molar-refractivity contribution in [3.05, 3.63) is 40.3 Å². The normalized spacial score (nSPS) is 19.3. The van der Waals surface area contributed by atoms with E-state index in [0.717, 1.165) is 34.7 Å². The lowest BCUT2D eigenvalue weighted by Gasteiger charge is -2.30. The van der Waals surface area contributed by atoms with Crippen molar-refractivity contribution in [3.63, 3.8) is 0 Å². The van der Waals surface area contributed by atoms with Crippen LogP contribution in [-0.4, -0.2) is 40.8 Å². The lowest BCUT2D eigenvalue weighted by Crippen LogP contribution is -2.39. The fourth-order valence-electron chi connectivity index (χ4n) is 3.59. The van der Waals surface area contributed by atoms with Crippen LogP contribution in [0.25, 0.3) is 11.0 Å². The number of hydrogen-bond donors (Lipinski definition) is 1. The van der Waals surface area contributed by atoms with E-state index in [9.17, 15) is 8.42 Å². The molecule has 1 aromatic carbocycles. The molecule has 138 valence electrons. The van der Waals surface area contributed by atoms with Crippen LogP contribution in [0.3, 0.4) is 0 Å². The molecule has 26 heavy (non-hydrogen) atoms. The number of aryl methyl sites for hydroxylation is 3. The number of aromatic nitrogens is 3. The number of piperidine rings is 1. The number of sulfonamides is 1. The number of thiazole rings is 1. The Morgan fingerprint density at radius 2 is 2.04 bits per heavy atom. The van der Waals surface area contributed by atoms with Crippen molar-refractivity contribution in [2.75, 3.05) is 13.1 Å². The quantitative estimate of drug-likeness (QED) is 0.742. The summed E-state index contributed by atoms with van der Waals surface area (Å²) in [6, 6.07) is 6.12. The Kier molecular flexibility index (Phi) is 4.37. The summed E-state index contributed by atoms with van der Waals surface area (Å²) in [5.74, 6) is 0.961.